The van der Waals surface area contributed by atoms with E-state index in [0.29, 0.717) is 30.4 Å². The molecule has 1 N–H and O–H groups in total. The van der Waals surface area contributed by atoms with Crippen molar-refractivity contribution in [1.82, 2.24) is 9.80 Å². The normalized spacial score (nSPS) is 20.1. The Morgan fingerprint density at radius 1 is 1.03 bits per heavy atom. The quantitative estimate of drug-likeness (QED) is 0.292. The molecule has 1 amide bonds. The molecular weight excluding hydrogens is 468 g/mol. The minimum Gasteiger partial charge on any atom is -0.507 e. The molecule has 7 nitrogen and oxygen atoms in total. The van der Waals surface area contributed by atoms with Gasteiger partial charge in [0.05, 0.1) is 31.4 Å². The van der Waals surface area contributed by atoms with Crippen molar-refractivity contribution in [2.45, 2.75) is 39.7 Å². The Kier molecular flexibility index (Phi) is 9.00. The summed E-state index contributed by atoms with van der Waals surface area (Å²) >= 11 is 0. The molecule has 0 saturated carbocycles. The number of morpholine rings is 1. The van der Waals surface area contributed by atoms with Gasteiger partial charge in [0.2, 0.25) is 0 Å². The molecule has 198 valence electrons. The molecule has 0 aromatic heterocycles. The third-order valence-electron chi connectivity index (χ3n) is 6.93. The summed E-state index contributed by atoms with van der Waals surface area (Å²) in [5.74, 6) is -0.278. The zero-order valence-electron chi connectivity index (χ0n) is 22.1. The fraction of sp³-hybridized carbons (Fsp3) is 0.467. The van der Waals surface area contributed by atoms with Crippen LogP contribution in [0.1, 0.15) is 49.9 Å². The molecule has 2 aliphatic rings. The minimum atomic E-state index is -0.645. The van der Waals surface area contributed by atoms with E-state index in [-0.39, 0.29) is 11.3 Å². The second kappa shape index (κ2) is 12.4. The first-order valence-corrected chi connectivity index (χ1v) is 13.3. The van der Waals surface area contributed by atoms with Crippen LogP contribution < -0.4 is 4.74 Å². The first-order chi connectivity index (χ1) is 17.9. The third kappa shape index (κ3) is 6.40. The first kappa shape index (κ1) is 26.9. The average Bonchev–Trinajstić information content (AvgIpc) is 3.17. The van der Waals surface area contributed by atoms with Crippen molar-refractivity contribution in [2.75, 3.05) is 46.0 Å². The van der Waals surface area contributed by atoms with Gasteiger partial charge in [-0.15, -0.1) is 0 Å². The summed E-state index contributed by atoms with van der Waals surface area (Å²) in [6, 6.07) is 14.3. The molecule has 2 aromatic rings. The van der Waals surface area contributed by atoms with Gasteiger partial charge in [0.15, 0.2) is 0 Å². The second-order valence-electron chi connectivity index (χ2n) is 10.1. The van der Waals surface area contributed by atoms with Crippen molar-refractivity contribution in [2.24, 2.45) is 5.92 Å². The molecule has 0 bridgehead atoms. The molecule has 2 aromatic carbocycles. The Balaban J connectivity index is 1.62. The van der Waals surface area contributed by atoms with Gasteiger partial charge in [-0.1, -0.05) is 45.0 Å². The molecule has 2 saturated heterocycles. The molecule has 2 fully saturated rings. The van der Waals surface area contributed by atoms with Crippen LogP contribution in [0.3, 0.4) is 0 Å². The maximum atomic E-state index is 13.3. The highest BCUT2D eigenvalue weighted by Gasteiger charge is 2.45. The van der Waals surface area contributed by atoms with Crippen LogP contribution in [0.15, 0.2) is 54.1 Å². The van der Waals surface area contributed by atoms with Crippen LogP contribution in [0, 0.1) is 5.92 Å². The molecule has 1 atom stereocenters. The summed E-state index contributed by atoms with van der Waals surface area (Å²) in [5, 5.41) is 11.3. The van der Waals surface area contributed by atoms with Gasteiger partial charge in [-0.3, -0.25) is 14.5 Å². The summed E-state index contributed by atoms with van der Waals surface area (Å²) < 4.78 is 11.2. The summed E-state index contributed by atoms with van der Waals surface area (Å²) in [5.41, 5.74) is 2.61. The molecule has 2 heterocycles. The number of nitrogens with zero attached hydrogens (tertiary/aromatic N) is 2. The van der Waals surface area contributed by atoms with Gasteiger partial charge in [-0.2, -0.15) is 0 Å². The molecule has 2 aliphatic heterocycles. The number of aliphatic hydroxyl groups excluding tert-OH is 1. The van der Waals surface area contributed by atoms with Gasteiger partial charge in [0, 0.05) is 31.7 Å². The van der Waals surface area contributed by atoms with E-state index in [1.807, 2.05) is 24.3 Å². The van der Waals surface area contributed by atoms with E-state index in [1.165, 1.54) is 5.56 Å². The van der Waals surface area contributed by atoms with Crippen molar-refractivity contribution < 1.29 is 24.2 Å². The van der Waals surface area contributed by atoms with Gasteiger partial charge in [0.1, 0.15) is 11.5 Å². The molecule has 7 heteroatoms. The zero-order chi connectivity index (χ0) is 26.4. The van der Waals surface area contributed by atoms with Crippen molar-refractivity contribution in [3.8, 4) is 5.75 Å². The molecule has 0 radical (unpaired) electrons. The third-order valence-corrected chi connectivity index (χ3v) is 6.93. The van der Waals surface area contributed by atoms with Gasteiger partial charge in [0.25, 0.3) is 11.7 Å². The van der Waals surface area contributed by atoms with E-state index in [2.05, 4.69) is 25.7 Å². The topological polar surface area (TPSA) is 79.3 Å². The number of likely N-dealkylation sites (tertiary alicyclic amines) is 1. The van der Waals surface area contributed by atoms with Gasteiger partial charge >= 0.3 is 0 Å². The molecule has 1 unspecified atom stereocenters. The van der Waals surface area contributed by atoms with Crippen LogP contribution in [0.5, 0.6) is 5.75 Å². The summed E-state index contributed by atoms with van der Waals surface area (Å²) in [6.45, 7) is 11.3. The zero-order valence-corrected chi connectivity index (χ0v) is 22.1. The molecule has 4 rings (SSSR count). The molecule has 0 spiro atoms. The lowest BCUT2D eigenvalue weighted by Gasteiger charge is -2.29. The van der Waals surface area contributed by atoms with E-state index in [4.69, 9.17) is 9.47 Å². The van der Waals surface area contributed by atoms with E-state index >= 15 is 0 Å². The number of rotatable bonds is 10. The monoisotopic (exact) mass is 506 g/mol. The Bertz CT molecular complexity index is 1100. The number of amides is 1. The molecule has 37 heavy (non-hydrogen) atoms. The van der Waals surface area contributed by atoms with Crippen molar-refractivity contribution in [3.63, 3.8) is 0 Å². The van der Waals surface area contributed by atoms with Crippen LogP contribution in [-0.2, 0) is 20.7 Å². The summed E-state index contributed by atoms with van der Waals surface area (Å²) in [7, 11) is 0. The van der Waals surface area contributed by atoms with E-state index in [1.54, 1.807) is 29.2 Å². The number of carbonyl (C=O) groups excluding carboxylic acids is 2. The van der Waals surface area contributed by atoms with E-state index in [0.717, 1.165) is 51.3 Å². The summed E-state index contributed by atoms with van der Waals surface area (Å²) in [4.78, 5) is 30.4. The van der Waals surface area contributed by atoms with Gasteiger partial charge < -0.3 is 19.5 Å². The van der Waals surface area contributed by atoms with Crippen molar-refractivity contribution >= 4 is 17.4 Å². The fourth-order valence-corrected chi connectivity index (χ4v) is 4.81. The number of ether oxygens (including phenoxy) is 2. The standard InChI is InChI=1S/C30H38N2O5/c1-4-22-6-8-23(9-7-22)27-26(28(33)24-10-12-25(13-11-24)37-20-21(2)3)29(34)30(35)32(27)15-5-14-31-16-18-36-19-17-31/h6-13,21,27,33H,4-5,14-20H2,1-3H3/b28-26-. The van der Waals surface area contributed by atoms with Crippen LogP contribution >= 0.6 is 0 Å². The fourth-order valence-electron chi connectivity index (χ4n) is 4.81. The highest BCUT2D eigenvalue weighted by Crippen LogP contribution is 2.39. The number of aliphatic hydroxyl groups is 1. The van der Waals surface area contributed by atoms with Crippen LogP contribution in [0.4, 0.5) is 0 Å². The Morgan fingerprint density at radius 2 is 1.70 bits per heavy atom. The van der Waals surface area contributed by atoms with Crippen molar-refractivity contribution in [1.29, 1.82) is 0 Å². The minimum absolute atomic E-state index is 0.136. The van der Waals surface area contributed by atoms with Gasteiger partial charge in [-0.05, 0) is 54.2 Å². The van der Waals surface area contributed by atoms with Gasteiger partial charge in [-0.25, -0.2) is 0 Å². The number of hydrogen-bond donors (Lipinski definition) is 1. The molecular formula is C30H38N2O5. The Labute approximate surface area is 219 Å². The van der Waals surface area contributed by atoms with Crippen LogP contribution in [0.2, 0.25) is 0 Å². The lowest BCUT2D eigenvalue weighted by atomic mass is 9.94. The number of Topliss-reactive ketones (excluding diaryl/α,β-unsaturated/α-hetero) is 1. The van der Waals surface area contributed by atoms with Crippen LogP contribution in [0.25, 0.3) is 5.76 Å². The maximum Gasteiger partial charge on any atom is 0.295 e. The smallest absolute Gasteiger partial charge is 0.295 e. The predicted molar refractivity (Wildman–Crippen MR) is 143 cm³/mol. The maximum absolute atomic E-state index is 13.3. The second-order valence-corrected chi connectivity index (χ2v) is 10.1. The lowest BCUT2D eigenvalue weighted by molar-refractivity contribution is -0.140. The number of carbonyl (C=O) groups is 2. The predicted octanol–water partition coefficient (Wildman–Crippen LogP) is 4.43. The number of aryl methyl sites for hydroxylation is 1. The summed E-state index contributed by atoms with van der Waals surface area (Å²) in [6.07, 6.45) is 1.63. The Hall–Kier alpha value is -3.16. The first-order valence-electron chi connectivity index (χ1n) is 13.3. The van der Waals surface area contributed by atoms with Crippen LogP contribution in [-0.4, -0.2) is 72.6 Å². The average molecular weight is 507 g/mol. The highest BCUT2D eigenvalue weighted by atomic mass is 16.5. The highest BCUT2D eigenvalue weighted by molar-refractivity contribution is 6.46. The number of ketones is 1. The number of hydrogen-bond acceptors (Lipinski definition) is 6. The lowest BCUT2D eigenvalue weighted by Crippen LogP contribution is -2.38. The largest absolute Gasteiger partial charge is 0.507 e. The van der Waals surface area contributed by atoms with E-state index in [9.17, 15) is 14.7 Å². The number of benzene rings is 2. The van der Waals surface area contributed by atoms with E-state index < -0.39 is 17.7 Å². The van der Waals surface area contributed by atoms with Crippen molar-refractivity contribution in [3.05, 3.63) is 70.8 Å². The molecule has 0 aliphatic carbocycles. The Morgan fingerprint density at radius 3 is 2.32 bits per heavy atom. The SMILES string of the molecule is CCc1ccc(C2/C(=C(/O)c3ccc(OCC(C)C)cc3)C(=O)C(=O)N2CCCN2CCOCC2)cc1.